The summed E-state index contributed by atoms with van der Waals surface area (Å²) >= 11 is 0. The van der Waals surface area contributed by atoms with E-state index in [2.05, 4.69) is 30.1 Å². The molecule has 0 bridgehead atoms. The molecule has 0 spiro atoms. The standard InChI is InChI=1S/C24H20F4N6O2/c1-34-13-17(12-32-34)33-23-30-10-16(11-31-23)19-4-3-14(8-21(19)25)5-18(35)6-15-7-20(24(26,27)28)22(36-2)29-9-15/h3-4,7-13H,5-6H2,1-2H3,(H,30,31,33). The molecule has 0 fully saturated rings. The number of hydrogen-bond acceptors (Lipinski definition) is 7. The minimum Gasteiger partial charge on any atom is -0.481 e. The fraction of sp³-hybridized carbons (Fsp3) is 0.208. The highest BCUT2D eigenvalue weighted by atomic mass is 19.4. The number of alkyl halides is 3. The number of carbonyl (C=O) groups excluding carboxylic acids is 1. The predicted molar refractivity (Wildman–Crippen MR) is 122 cm³/mol. The first kappa shape index (κ1) is 24.8. The van der Waals surface area contributed by atoms with E-state index in [0.29, 0.717) is 22.8 Å². The van der Waals surface area contributed by atoms with E-state index in [4.69, 9.17) is 0 Å². The number of hydrogen-bond donors (Lipinski definition) is 1. The smallest absolute Gasteiger partial charge is 0.421 e. The van der Waals surface area contributed by atoms with Crippen LogP contribution in [0.5, 0.6) is 5.88 Å². The maximum absolute atomic E-state index is 14.8. The lowest BCUT2D eigenvalue weighted by Crippen LogP contribution is -2.12. The summed E-state index contributed by atoms with van der Waals surface area (Å²) in [6.45, 7) is 0. The quantitative estimate of drug-likeness (QED) is 0.355. The van der Waals surface area contributed by atoms with Gasteiger partial charge in [0.05, 0.1) is 19.0 Å². The van der Waals surface area contributed by atoms with Crippen LogP contribution in [0.2, 0.25) is 0 Å². The van der Waals surface area contributed by atoms with Gasteiger partial charge in [-0.25, -0.2) is 19.3 Å². The van der Waals surface area contributed by atoms with Crippen LogP contribution in [0.3, 0.4) is 0 Å². The van der Waals surface area contributed by atoms with Crippen LogP contribution in [0.25, 0.3) is 11.1 Å². The first-order valence-corrected chi connectivity index (χ1v) is 10.6. The summed E-state index contributed by atoms with van der Waals surface area (Å²) in [5, 5.41) is 7.01. The number of Topliss-reactive ketones (excluding diaryl/α,β-unsaturated/α-hetero) is 1. The summed E-state index contributed by atoms with van der Waals surface area (Å²) < 4.78 is 60.6. The zero-order valence-corrected chi connectivity index (χ0v) is 19.2. The molecule has 0 radical (unpaired) electrons. The van der Waals surface area contributed by atoms with E-state index in [1.807, 2.05) is 0 Å². The largest absolute Gasteiger partial charge is 0.481 e. The van der Waals surface area contributed by atoms with Crippen LogP contribution in [0.15, 0.2) is 55.2 Å². The highest BCUT2D eigenvalue weighted by Crippen LogP contribution is 2.35. The number of ether oxygens (including phenoxy) is 1. The number of aryl methyl sites for hydroxylation is 1. The molecule has 1 N–H and O–H groups in total. The molecule has 186 valence electrons. The normalized spacial score (nSPS) is 11.4. The molecule has 12 heteroatoms. The van der Waals surface area contributed by atoms with Crippen molar-refractivity contribution in [1.82, 2.24) is 24.7 Å². The van der Waals surface area contributed by atoms with Gasteiger partial charge in [0.1, 0.15) is 17.2 Å². The number of methoxy groups -OCH3 is 1. The molecule has 0 unspecified atom stereocenters. The Balaban J connectivity index is 1.42. The number of ketones is 1. The molecule has 0 amide bonds. The Hall–Kier alpha value is -4.35. The number of carbonyl (C=O) groups is 1. The molecule has 4 rings (SSSR count). The summed E-state index contributed by atoms with van der Waals surface area (Å²) in [5.41, 5.74) is 0.788. The van der Waals surface area contributed by atoms with E-state index < -0.39 is 29.2 Å². The highest BCUT2D eigenvalue weighted by molar-refractivity contribution is 5.83. The van der Waals surface area contributed by atoms with Gasteiger partial charge >= 0.3 is 6.18 Å². The second-order valence-corrected chi connectivity index (χ2v) is 7.93. The van der Waals surface area contributed by atoms with Crippen LogP contribution in [0.4, 0.5) is 29.2 Å². The number of benzene rings is 1. The first-order chi connectivity index (χ1) is 17.1. The topological polar surface area (TPSA) is 94.8 Å². The number of nitrogens with zero attached hydrogens (tertiary/aromatic N) is 5. The van der Waals surface area contributed by atoms with Crippen molar-refractivity contribution in [2.24, 2.45) is 7.05 Å². The highest BCUT2D eigenvalue weighted by Gasteiger charge is 2.35. The van der Waals surface area contributed by atoms with Gasteiger partial charge in [0.2, 0.25) is 11.8 Å². The van der Waals surface area contributed by atoms with Gasteiger partial charge in [0, 0.05) is 55.8 Å². The lowest BCUT2D eigenvalue weighted by molar-refractivity contribution is -0.139. The third-order valence-electron chi connectivity index (χ3n) is 5.17. The van der Waals surface area contributed by atoms with Crippen LogP contribution >= 0.6 is 0 Å². The summed E-state index contributed by atoms with van der Waals surface area (Å²) in [7, 11) is 2.86. The predicted octanol–water partition coefficient (Wildman–Crippen LogP) is 4.54. The SMILES string of the molecule is COc1ncc(CC(=O)Cc2ccc(-c3cnc(Nc4cnn(C)c4)nc3)c(F)c2)cc1C(F)(F)F. The second kappa shape index (κ2) is 10.1. The van der Waals surface area contributed by atoms with Crippen molar-refractivity contribution < 1.29 is 27.1 Å². The number of rotatable bonds is 8. The summed E-state index contributed by atoms with van der Waals surface area (Å²) in [5.74, 6) is -1.23. The summed E-state index contributed by atoms with van der Waals surface area (Å²) in [6.07, 6.45) is 2.32. The molecule has 4 aromatic rings. The van der Waals surface area contributed by atoms with Gasteiger partial charge in [-0.05, 0) is 23.3 Å². The Morgan fingerprint density at radius 1 is 1.03 bits per heavy atom. The Kier molecular flexibility index (Phi) is 6.95. The lowest BCUT2D eigenvalue weighted by Gasteiger charge is -2.12. The maximum Gasteiger partial charge on any atom is 0.421 e. The van der Waals surface area contributed by atoms with Crippen molar-refractivity contribution in [3.05, 3.63) is 77.8 Å². The van der Waals surface area contributed by atoms with Gasteiger partial charge in [0.15, 0.2) is 0 Å². The van der Waals surface area contributed by atoms with Crippen molar-refractivity contribution in [3.63, 3.8) is 0 Å². The van der Waals surface area contributed by atoms with Crippen molar-refractivity contribution >= 4 is 17.4 Å². The van der Waals surface area contributed by atoms with E-state index in [9.17, 15) is 22.4 Å². The lowest BCUT2D eigenvalue weighted by atomic mass is 10.00. The van der Waals surface area contributed by atoms with Crippen LogP contribution in [0.1, 0.15) is 16.7 Å². The van der Waals surface area contributed by atoms with Gasteiger partial charge < -0.3 is 10.1 Å². The third-order valence-corrected chi connectivity index (χ3v) is 5.17. The molecule has 0 saturated heterocycles. The molecule has 3 heterocycles. The number of halogens is 4. The number of aromatic nitrogens is 5. The van der Waals surface area contributed by atoms with Gasteiger partial charge in [-0.3, -0.25) is 9.48 Å². The minimum atomic E-state index is -4.67. The van der Waals surface area contributed by atoms with Gasteiger partial charge in [-0.1, -0.05) is 12.1 Å². The zero-order valence-electron chi connectivity index (χ0n) is 19.2. The van der Waals surface area contributed by atoms with Crippen LogP contribution in [-0.4, -0.2) is 37.6 Å². The van der Waals surface area contributed by atoms with Crippen molar-refractivity contribution in [2.45, 2.75) is 19.0 Å². The third kappa shape index (κ3) is 5.82. The number of anilines is 2. The van der Waals surface area contributed by atoms with Gasteiger partial charge in [-0.15, -0.1) is 0 Å². The van der Waals surface area contributed by atoms with E-state index in [-0.39, 0.29) is 24.0 Å². The molecule has 36 heavy (non-hydrogen) atoms. The van der Waals surface area contributed by atoms with Crippen LogP contribution in [0, 0.1) is 5.82 Å². The van der Waals surface area contributed by atoms with E-state index in [1.54, 1.807) is 30.2 Å². The first-order valence-electron chi connectivity index (χ1n) is 10.6. The van der Waals surface area contributed by atoms with Crippen LogP contribution < -0.4 is 10.1 Å². The molecule has 0 saturated carbocycles. The van der Waals surface area contributed by atoms with E-state index in [1.165, 1.54) is 24.5 Å². The van der Waals surface area contributed by atoms with Gasteiger partial charge in [0.25, 0.3) is 0 Å². The van der Waals surface area contributed by atoms with Crippen molar-refractivity contribution in [3.8, 4) is 17.0 Å². The number of pyridine rings is 1. The zero-order chi connectivity index (χ0) is 25.9. The van der Waals surface area contributed by atoms with Gasteiger partial charge in [-0.2, -0.15) is 18.3 Å². The van der Waals surface area contributed by atoms with Crippen molar-refractivity contribution in [1.29, 1.82) is 0 Å². The Bertz CT molecular complexity index is 1390. The molecule has 3 aromatic heterocycles. The Morgan fingerprint density at radius 3 is 2.36 bits per heavy atom. The molecule has 0 aliphatic heterocycles. The fourth-order valence-electron chi connectivity index (χ4n) is 3.52. The average molecular weight is 500 g/mol. The monoisotopic (exact) mass is 500 g/mol. The summed E-state index contributed by atoms with van der Waals surface area (Å²) in [6, 6.07) is 5.12. The molecule has 0 atom stereocenters. The second-order valence-electron chi connectivity index (χ2n) is 7.93. The molecule has 1 aromatic carbocycles. The number of nitrogens with one attached hydrogen (secondary N) is 1. The van der Waals surface area contributed by atoms with E-state index >= 15 is 0 Å². The summed E-state index contributed by atoms with van der Waals surface area (Å²) in [4.78, 5) is 24.5. The van der Waals surface area contributed by atoms with Crippen molar-refractivity contribution in [2.75, 3.05) is 12.4 Å². The minimum absolute atomic E-state index is 0.0855. The molecule has 0 aliphatic rings. The molecule has 8 nitrogen and oxygen atoms in total. The average Bonchev–Trinajstić information content (AvgIpc) is 3.23. The Morgan fingerprint density at radius 2 is 1.75 bits per heavy atom. The van der Waals surface area contributed by atoms with Crippen LogP contribution in [-0.2, 0) is 30.9 Å². The maximum atomic E-state index is 14.8. The molecular weight excluding hydrogens is 480 g/mol. The molecule has 0 aliphatic carbocycles. The Labute approximate surface area is 203 Å². The van der Waals surface area contributed by atoms with E-state index in [0.717, 1.165) is 19.4 Å². The molecular formula is C24H20F4N6O2. The fourth-order valence-corrected chi connectivity index (χ4v) is 3.52.